The first-order valence-corrected chi connectivity index (χ1v) is 6.30. The third-order valence-electron chi connectivity index (χ3n) is 2.51. The molecule has 18 heavy (non-hydrogen) atoms. The fraction of sp³-hybridized carbons (Fsp3) is 0.462. The number of amides is 1. The second-order valence-electron chi connectivity index (χ2n) is 4.56. The SMILES string of the molecule is CC(C)NC(=O)CN(C)c1cc(Cl)ccc1CN. The summed E-state index contributed by atoms with van der Waals surface area (Å²) in [5.41, 5.74) is 7.54. The second kappa shape index (κ2) is 6.61. The molecule has 1 amide bonds. The van der Waals surface area contributed by atoms with Crippen molar-refractivity contribution in [3.05, 3.63) is 28.8 Å². The third kappa shape index (κ3) is 4.20. The van der Waals surface area contributed by atoms with E-state index in [2.05, 4.69) is 5.32 Å². The Morgan fingerprint density at radius 2 is 2.17 bits per heavy atom. The fourth-order valence-electron chi connectivity index (χ4n) is 1.73. The normalized spacial score (nSPS) is 10.6. The lowest BCUT2D eigenvalue weighted by molar-refractivity contribution is -0.120. The van der Waals surface area contributed by atoms with Crippen LogP contribution in [-0.2, 0) is 11.3 Å². The lowest BCUT2D eigenvalue weighted by atomic mass is 10.1. The lowest BCUT2D eigenvalue weighted by Gasteiger charge is -2.22. The maximum absolute atomic E-state index is 11.7. The van der Waals surface area contributed by atoms with Crippen LogP contribution in [0.1, 0.15) is 19.4 Å². The summed E-state index contributed by atoms with van der Waals surface area (Å²) < 4.78 is 0. The molecule has 0 fully saturated rings. The zero-order valence-electron chi connectivity index (χ0n) is 11.0. The van der Waals surface area contributed by atoms with Crippen LogP contribution in [0.25, 0.3) is 0 Å². The van der Waals surface area contributed by atoms with Crippen LogP contribution in [0.15, 0.2) is 18.2 Å². The number of benzene rings is 1. The summed E-state index contributed by atoms with van der Waals surface area (Å²) in [5, 5.41) is 3.49. The highest BCUT2D eigenvalue weighted by Gasteiger charge is 2.11. The molecule has 0 aromatic heterocycles. The van der Waals surface area contributed by atoms with E-state index in [-0.39, 0.29) is 18.5 Å². The van der Waals surface area contributed by atoms with Crippen molar-refractivity contribution in [2.45, 2.75) is 26.4 Å². The molecule has 0 spiro atoms. The van der Waals surface area contributed by atoms with E-state index in [0.717, 1.165) is 11.3 Å². The largest absolute Gasteiger partial charge is 0.365 e. The van der Waals surface area contributed by atoms with Crippen molar-refractivity contribution in [2.24, 2.45) is 5.73 Å². The molecule has 1 rings (SSSR count). The van der Waals surface area contributed by atoms with E-state index < -0.39 is 0 Å². The molecule has 0 saturated heterocycles. The van der Waals surface area contributed by atoms with Crippen molar-refractivity contribution in [2.75, 3.05) is 18.5 Å². The van der Waals surface area contributed by atoms with Crippen LogP contribution in [0.3, 0.4) is 0 Å². The predicted molar refractivity (Wildman–Crippen MR) is 75.9 cm³/mol. The number of carbonyl (C=O) groups is 1. The zero-order chi connectivity index (χ0) is 13.7. The average Bonchev–Trinajstić information content (AvgIpc) is 2.27. The molecule has 5 heteroatoms. The number of hydrogen-bond donors (Lipinski definition) is 2. The Bertz CT molecular complexity index is 421. The van der Waals surface area contributed by atoms with Gasteiger partial charge in [0.25, 0.3) is 0 Å². The van der Waals surface area contributed by atoms with Crippen molar-refractivity contribution in [1.29, 1.82) is 0 Å². The molecule has 0 aliphatic carbocycles. The van der Waals surface area contributed by atoms with E-state index in [1.807, 2.05) is 37.9 Å². The van der Waals surface area contributed by atoms with Crippen molar-refractivity contribution in [1.82, 2.24) is 5.32 Å². The minimum atomic E-state index is -0.0181. The van der Waals surface area contributed by atoms with Gasteiger partial charge in [-0.1, -0.05) is 17.7 Å². The monoisotopic (exact) mass is 269 g/mol. The Labute approximate surface area is 113 Å². The molecule has 0 unspecified atom stereocenters. The maximum atomic E-state index is 11.7. The van der Waals surface area contributed by atoms with Crippen LogP contribution in [-0.4, -0.2) is 25.5 Å². The molecule has 1 aromatic rings. The summed E-state index contributed by atoms with van der Waals surface area (Å²) in [6.07, 6.45) is 0. The lowest BCUT2D eigenvalue weighted by Crippen LogP contribution is -2.38. The van der Waals surface area contributed by atoms with Gasteiger partial charge in [-0.15, -0.1) is 0 Å². The number of anilines is 1. The highest BCUT2D eigenvalue weighted by atomic mass is 35.5. The second-order valence-corrected chi connectivity index (χ2v) is 4.99. The van der Waals surface area contributed by atoms with E-state index in [9.17, 15) is 4.79 Å². The standard InChI is InChI=1S/C13H20ClN3O/c1-9(2)16-13(18)8-17(3)12-6-11(14)5-4-10(12)7-15/h4-6,9H,7-8,15H2,1-3H3,(H,16,18). The van der Waals surface area contributed by atoms with Crippen LogP contribution in [0, 0.1) is 0 Å². The quantitative estimate of drug-likeness (QED) is 0.856. The van der Waals surface area contributed by atoms with E-state index in [4.69, 9.17) is 17.3 Å². The van der Waals surface area contributed by atoms with Crippen LogP contribution < -0.4 is 16.0 Å². The van der Waals surface area contributed by atoms with E-state index in [0.29, 0.717) is 11.6 Å². The first-order valence-electron chi connectivity index (χ1n) is 5.93. The molecule has 1 aromatic carbocycles. The smallest absolute Gasteiger partial charge is 0.239 e. The summed E-state index contributed by atoms with van der Waals surface area (Å²) in [6.45, 7) is 4.57. The van der Waals surface area contributed by atoms with Crippen LogP contribution in [0.4, 0.5) is 5.69 Å². The van der Waals surface area contributed by atoms with Gasteiger partial charge in [-0.2, -0.15) is 0 Å². The minimum absolute atomic E-state index is 0.0181. The van der Waals surface area contributed by atoms with Gasteiger partial charge in [-0.25, -0.2) is 0 Å². The van der Waals surface area contributed by atoms with Gasteiger partial charge in [-0.3, -0.25) is 4.79 Å². The summed E-state index contributed by atoms with van der Waals surface area (Å²) in [6, 6.07) is 5.65. The molecule has 0 aliphatic rings. The summed E-state index contributed by atoms with van der Waals surface area (Å²) in [4.78, 5) is 13.6. The van der Waals surface area contributed by atoms with Gasteiger partial charge in [0.05, 0.1) is 6.54 Å². The number of nitrogens with two attached hydrogens (primary N) is 1. The van der Waals surface area contributed by atoms with Gasteiger partial charge >= 0.3 is 0 Å². The summed E-state index contributed by atoms with van der Waals surface area (Å²) in [5.74, 6) is -0.0181. The third-order valence-corrected chi connectivity index (χ3v) is 2.74. The molecule has 0 heterocycles. The maximum Gasteiger partial charge on any atom is 0.239 e. The van der Waals surface area contributed by atoms with Crippen molar-refractivity contribution < 1.29 is 4.79 Å². The number of likely N-dealkylation sites (N-methyl/N-ethyl adjacent to an activating group) is 1. The number of hydrogen-bond acceptors (Lipinski definition) is 3. The average molecular weight is 270 g/mol. The van der Waals surface area contributed by atoms with E-state index in [1.54, 1.807) is 6.07 Å². The zero-order valence-corrected chi connectivity index (χ0v) is 11.8. The Hall–Kier alpha value is -1.26. The number of rotatable bonds is 5. The fourth-order valence-corrected chi connectivity index (χ4v) is 1.90. The molecule has 3 N–H and O–H groups in total. The number of nitrogens with zero attached hydrogens (tertiary/aromatic N) is 1. The Balaban J connectivity index is 2.80. The van der Waals surface area contributed by atoms with Crippen molar-refractivity contribution in [3.63, 3.8) is 0 Å². The van der Waals surface area contributed by atoms with E-state index in [1.165, 1.54) is 0 Å². The molecule has 0 saturated carbocycles. The molecule has 4 nitrogen and oxygen atoms in total. The highest BCUT2D eigenvalue weighted by Crippen LogP contribution is 2.23. The van der Waals surface area contributed by atoms with Crippen LogP contribution in [0.2, 0.25) is 5.02 Å². The Morgan fingerprint density at radius 1 is 1.50 bits per heavy atom. The number of halogens is 1. The van der Waals surface area contributed by atoms with Crippen LogP contribution in [0.5, 0.6) is 0 Å². The Morgan fingerprint density at radius 3 is 2.72 bits per heavy atom. The minimum Gasteiger partial charge on any atom is -0.365 e. The first kappa shape index (κ1) is 14.8. The highest BCUT2D eigenvalue weighted by molar-refractivity contribution is 6.30. The van der Waals surface area contributed by atoms with Gasteiger partial charge in [-0.05, 0) is 31.5 Å². The topological polar surface area (TPSA) is 58.4 Å². The first-order chi connectivity index (χ1) is 8.43. The van der Waals surface area contributed by atoms with Crippen molar-refractivity contribution >= 4 is 23.2 Å². The predicted octanol–water partition coefficient (Wildman–Crippen LogP) is 1.76. The molecule has 100 valence electrons. The van der Waals surface area contributed by atoms with Crippen LogP contribution >= 0.6 is 11.6 Å². The number of carbonyl (C=O) groups excluding carboxylic acids is 1. The Kier molecular flexibility index (Phi) is 5.44. The molecule has 0 bridgehead atoms. The summed E-state index contributed by atoms with van der Waals surface area (Å²) in [7, 11) is 1.85. The van der Waals surface area contributed by atoms with Gasteiger partial charge in [0.2, 0.25) is 5.91 Å². The molecule has 0 atom stereocenters. The molecular weight excluding hydrogens is 250 g/mol. The molecule has 0 radical (unpaired) electrons. The van der Waals surface area contributed by atoms with Gasteiger partial charge < -0.3 is 16.0 Å². The van der Waals surface area contributed by atoms with Gasteiger partial charge in [0, 0.05) is 30.3 Å². The van der Waals surface area contributed by atoms with Gasteiger partial charge in [0.15, 0.2) is 0 Å². The molecular formula is C13H20ClN3O. The summed E-state index contributed by atoms with van der Waals surface area (Å²) >= 11 is 5.97. The number of nitrogens with one attached hydrogen (secondary N) is 1. The van der Waals surface area contributed by atoms with E-state index >= 15 is 0 Å². The van der Waals surface area contributed by atoms with Crippen molar-refractivity contribution in [3.8, 4) is 0 Å². The van der Waals surface area contributed by atoms with Gasteiger partial charge in [0.1, 0.15) is 0 Å². The molecule has 0 aliphatic heterocycles.